The molecule has 5 nitrogen and oxygen atoms in total. The summed E-state index contributed by atoms with van der Waals surface area (Å²) in [6.07, 6.45) is 3.54. The average molecular weight is 282 g/mol. The number of pyridine rings is 1. The minimum atomic E-state index is -0.0290. The number of aryl methyl sites for hydroxylation is 1. The zero-order chi connectivity index (χ0) is 14.8. The fourth-order valence-corrected chi connectivity index (χ4v) is 2.62. The molecule has 1 atom stereocenters. The lowest BCUT2D eigenvalue weighted by molar-refractivity contribution is 0.411. The molecule has 0 bridgehead atoms. The van der Waals surface area contributed by atoms with E-state index in [0.29, 0.717) is 0 Å². The summed E-state index contributed by atoms with van der Waals surface area (Å²) in [7, 11) is 5.53. The first-order valence-electron chi connectivity index (χ1n) is 6.82. The number of nitrogens with one attached hydrogen (secondary N) is 1. The Balaban J connectivity index is 2.14. The van der Waals surface area contributed by atoms with Gasteiger partial charge in [0.2, 0.25) is 0 Å². The molecule has 5 heteroatoms. The lowest BCUT2D eigenvalue weighted by Gasteiger charge is -2.15. The summed E-state index contributed by atoms with van der Waals surface area (Å²) < 4.78 is 7.17. The summed E-state index contributed by atoms with van der Waals surface area (Å²) in [6.45, 7) is 0. The second kappa shape index (κ2) is 5.54. The Morgan fingerprint density at radius 2 is 2.05 bits per heavy atom. The molecular formula is C16H18N4O. The number of ether oxygens (including phenoxy) is 1. The van der Waals surface area contributed by atoms with Gasteiger partial charge in [-0.3, -0.25) is 9.67 Å². The van der Waals surface area contributed by atoms with Crippen LogP contribution in [0.15, 0.2) is 42.7 Å². The zero-order valence-corrected chi connectivity index (χ0v) is 12.4. The highest BCUT2D eigenvalue weighted by molar-refractivity contribution is 5.82. The highest BCUT2D eigenvalue weighted by Gasteiger charge is 2.20. The smallest absolute Gasteiger partial charge is 0.137 e. The summed E-state index contributed by atoms with van der Waals surface area (Å²) in [5, 5.41) is 9.14. The van der Waals surface area contributed by atoms with Crippen molar-refractivity contribution in [3.63, 3.8) is 0 Å². The normalized spacial score (nSPS) is 12.5. The summed E-state index contributed by atoms with van der Waals surface area (Å²) >= 11 is 0. The van der Waals surface area contributed by atoms with E-state index in [4.69, 9.17) is 4.74 Å². The molecule has 0 saturated carbocycles. The maximum atomic E-state index is 5.26. The molecule has 3 rings (SSSR count). The number of hydrogen-bond acceptors (Lipinski definition) is 4. The van der Waals surface area contributed by atoms with Crippen LogP contribution in [0.25, 0.3) is 10.9 Å². The van der Waals surface area contributed by atoms with Crippen molar-refractivity contribution in [1.29, 1.82) is 0 Å². The molecule has 0 saturated heterocycles. The van der Waals surface area contributed by atoms with Crippen LogP contribution >= 0.6 is 0 Å². The predicted molar refractivity (Wildman–Crippen MR) is 82.4 cm³/mol. The minimum Gasteiger partial charge on any atom is -0.495 e. The maximum absolute atomic E-state index is 5.26. The Labute approximate surface area is 123 Å². The van der Waals surface area contributed by atoms with Crippen LogP contribution in [0.2, 0.25) is 0 Å². The van der Waals surface area contributed by atoms with Crippen molar-refractivity contribution < 1.29 is 4.74 Å². The highest BCUT2D eigenvalue weighted by Crippen LogP contribution is 2.28. The summed E-state index contributed by atoms with van der Waals surface area (Å²) in [5.74, 6) is 0.744. The molecule has 3 aromatic rings. The van der Waals surface area contributed by atoms with Gasteiger partial charge in [-0.25, -0.2) is 0 Å². The van der Waals surface area contributed by atoms with Gasteiger partial charge in [0.05, 0.1) is 30.6 Å². The predicted octanol–water partition coefficient (Wildman–Crippen LogP) is 2.29. The Morgan fingerprint density at radius 1 is 1.24 bits per heavy atom. The number of benzene rings is 1. The van der Waals surface area contributed by atoms with E-state index in [2.05, 4.69) is 27.5 Å². The molecule has 0 fully saturated rings. The van der Waals surface area contributed by atoms with Crippen molar-refractivity contribution in [2.45, 2.75) is 6.04 Å². The Kier molecular flexibility index (Phi) is 3.58. The maximum Gasteiger partial charge on any atom is 0.137 e. The number of nitrogens with zero attached hydrogens (tertiary/aromatic N) is 3. The van der Waals surface area contributed by atoms with Gasteiger partial charge in [-0.15, -0.1) is 0 Å². The van der Waals surface area contributed by atoms with Crippen LogP contribution in [0, 0.1) is 0 Å². The van der Waals surface area contributed by atoms with Crippen molar-refractivity contribution in [3.05, 3.63) is 54.0 Å². The zero-order valence-electron chi connectivity index (χ0n) is 12.4. The van der Waals surface area contributed by atoms with Crippen molar-refractivity contribution in [3.8, 4) is 5.75 Å². The van der Waals surface area contributed by atoms with Gasteiger partial charge in [0.1, 0.15) is 5.75 Å². The average Bonchev–Trinajstić information content (AvgIpc) is 2.86. The van der Waals surface area contributed by atoms with Crippen LogP contribution in [0.3, 0.4) is 0 Å². The van der Waals surface area contributed by atoms with Gasteiger partial charge in [0, 0.05) is 18.6 Å². The van der Waals surface area contributed by atoms with E-state index in [1.807, 2.05) is 43.2 Å². The third-order valence-corrected chi connectivity index (χ3v) is 3.65. The lowest BCUT2D eigenvalue weighted by atomic mass is 10.0. The third-order valence-electron chi connectivity index (χ3n) is 3.65. The van der Waals surface area contributed by atoms with E-state index < -0.39 is 0 Å². The first-order valence-corrected chi connectivity index (χ1v) is 6.82. The SMILES string of the molecule is CNC(c1cncc(OC)c1)c1nn(C)c2ccccc12. The van der Waals surface area contributed by atoms with Crippen LogP contribution in [-0.2, 0) is 7.05 Å². The molecule has 0 aliphatic rings. The molecule has 0 radical (unpaired) electrons. The molecule has 1 unspecified atom stereocenters. The van der Waals surface area contributed by atoms with E-state index >= 15 is 0 Å². The molecule has 0 aliphatic carbocycles. The van der Waals surface area contributed by atoms with E-state index in [-0.39, 0.29) is 6.04 Å². The van der Waals surface area contributed by atoms with E-state index in [1.165, 1.54) is 0 Å². The molecule has 2 aromatic heterocycles. The Hall–Kier alpha value is -2.40. The molecule has 1 aromatic carbocycles. The largest absolute Gasteiger partial charge is 0.495 e. The number of methoxy groups -OCH3 is 1. The van der Waals surface area contributed by atoms with Gasteiger partial charge < -0.3 is 10.1 Å². The highest BCUT2D eigenvalue weighted by atomic mass is 16.5. The number of para-hydroxylation sites is 1. The monoisotopic (exact) mass is 282 g/mol. The second-order valence-electron chi connectivity index (χ2n) is 4.91. The van der Waals surface area contributed by atoms with Gasteiger partial charge in [0.15, 0.2) is 0 Å². The number of hydrogen-bond donors (Lipinski definition) is 1. The van der Waals surface area contributed by atoms with Gasteiger partial charge in [-0.05, 0) is 24.7 Å². The van der Waals surface area contributed by atoms with Crippen LogP contribution in [0.4, 0.5) is 0 Å². The van der Waals surface area contributed by atoms with Gasteiger partial charge in [0.25, 0.3) is 0 Å². The first-order chi connectivity index (χ1) is 10.2. The van der Waals surface area contributed by atoms with Crippen LogP contribution < -0.4 is 10.1 Å². The molecule has 0 aliphatic heterocycles. The van der Waals surface area contributed by atoms with Crippen LogP contribution in [-0.4, -0.2) is 28.9 Å². The van der Waals surface area contributed by atoms with Gasteiger partial charge >= 0.3 is 0 Å². The van der Waals surface area contributed by atoms with Crippen molar-refractivity contribution in [2.75, 3.05) is 14.2 Å². The molecule has 0 spiro atoms. The summed E-state index contributed by atoms with van der Waals surface area (Å²) in [4.78, 5) is 4.24. The summed E-state index contributed by atoms with van der Waals surface area (Å²) in [6, 6.07) is 10.2. The topological polar surface area (TPSA) is 52.0 Å². The number of rotatable bonds is 4. The number of fused-ring (bicyclic) bond motifs is 1. The Bertz CT molecular complexity index is 766. The molecule has 21 heavy (non-hydrogen) atoms. The first kappa shape index (κ1) is 13.6. The standard InChI is InChI=1S/C16H18N4O/c1-17-15(11-8-12(21-3)10-18-9-11)16-13-6-4-5-7-14(13)20(2)19-16/h4-10,15,17H,1-3H3. The van der Waals surface area contributed by atoms with Crippen molar-refractivity contribution >= 4 is 10.9 Å². The molecule has 0 amide bonds. The van der Waals surface area contributed by atoms with Gasteiger partial charge in [-0.1, -0.05) is 18.2 Å². The second-order valence-corrected chi connectivity index (χ2v) is 4.91. The van der Waals surface area contributed by atoms with Crippen molar-refractivity contribution in [1.82, 2.24) is 20.1 Å². The third kappa shape index (κ3) is 2.36. The lowest BCUT2D eigenvalue weighted by Crippen LogP contribution is -2.19. The molecule has 108 valence electrons. The van der Waals surface area contributed by atoms with Crippen LogP contribution in [0.5, 0.6) is 5.75 Å². The van der Waals surface area contributed by atoms with E-state index in [0.717, 1.165) is 27.9 Å². The fourth-order valence-electron chi connectivity index (χ4n) is 2.62. The molecule has 2 heterocycles. The number of aromatic nitrogens is 3. The van der Waals surface area contributed by atoms with E-state index in [1.54, 1.807) is 13.3 Å². The minimum absolute atomic E-state index is 0.0290. The molecular weight excluding hydrogens is 264 g/mol. The van der Waals surface area contributed by atoms with E-state index in [9.17, 15) is 0 Å². The molecule has 1 N–H and O–H groups in total. The van der Waals surface area contributed by atoms with Crippen molar-refractivity contribution in [2.24, 2.45) is 7.05 Å². The quantitative estimate of drug-likeness (QED) is 0.797. The fraction of sp³-hybridized carbons (Fsp3) is 0.250. The Morgan fingerprint density at radius 3 is 2.81 bits per heavy atom. The summed E-state index contributed by atoms with van der Waals surface area (Å²) in [5.41, 5.74) is 3.13. The van der Waals surface area contributed by atoms with Gasteiger partial charge in [-0.2, -0.15) is 5.10 Å². The van der Waals surface area contributed by atoms with Crippen LogP contribution in [0.1, 0.15) is 17.3 Å².